The van der Waals surface area contributed by atoms with Gasteiger partial charge in [-0.05, 0) is 29.5 Å². The monoisotopic (exact) mass is 450 g/mol. The number of hydrogen-bond donors (Lipinski definition) is 6. The van der Waals surface area contributed by atoms with E-state index in [0.717, 1.165) is 17.5 Å². The molecule has 1 aliphatic carbocycles. The molecule has 1 aromatic carbocycles. The second-order valence-electron chi connectivity index (χ2n) is 8.51. The first-order chi connectivity index (χ1) is 14.6. The van der Waals surface area contributed by atoms with E-state index in [-0.39, 0.29) is 17.2 Å². The molecule has 0 fully saturated rings. The summed E-state index contributed by atoms with van der Waals surface area (Å²) in [5, 5.41) is 45.4. The lowest BCUT2D eigenvalue weighted by Gasteiger charge is -2.37. The van der Waals surface area contributed by atoms with E-state index < -0.39 is 31.0 Å². The number of nitrogens with zero attached hydrogens (tertiary/aromatic N) is 2. The Kier molecular flexibility index (Phi) is 7.13. The maximum Gasteiger partial charge on any atom is 0.217 e. The highest BCUT2D eigenvalue weighted by atomic mass is 35.5. The van der Waals surface area contributed by atoms with Crippen LogP contribution in [0.5, 0.6) is 0 Å². The van der Waals surface area contributed by atoms with E-state index in [1.807, 2.05) is 26.0 Å². The van der Waals surface area contributed by atoms with E-state index in [1.54, 1.807) is 12.1 Å². The minimum atomic E-state index is -1.59. The SMILES string of the molecule is CC1(C)CC(=O)C2=C(C1)NC(N/N=C/[C@@H](O)[C@H](O)[C@H](O)CO)=NC2c1ccc(Cl)cc1. The normalized spacial score (nSPS) is 23.6. The molecule has 2 aliphatic rings. The zero-order valence-electron chi connectivity index (χ0n) is 17.3. The number of guanidine groups is 1. The standard InChI is InChI=1S/C21H27ClN4O5/c1-21(2)7-13-17(14(28)8-21)18(11-3-5-12(22)6-4-11)25-20(24-13)26-23-9-15(29)19(31)16(30)10-27/h3-6,9,15-16,18-19,27,29-31H,7-8,10H2,1-2H3,(H2,24,25,26)/b23-9+/t15-,16-,18?,19+/m1/s1. The van der Waals surface area contributed by atoms with Crippen LogP contribution in [0.1, 0.15) is 38.3 Å². The van der Waals surface area contributed by atoms with Gasteiger partial charge in [-0.25, -0.2) is 10.4 Å². The molecule has 0 spiro atoms. The quantitative estimate of drug-likeness (QED) is 0.275. The molecule has 1 aliphatic heterocycles. The van der Waals surface area contributed by atoms with Gasteiger partial charge in [0.25, 0.3) is 0 Å². The minimum absolute atomic E-state index is 0.0292. The zero-order valence-corrected chi connectivity index (χ0v) is 18.0. The highest BCUT2D eigenvalue weighted by Crippen LogP contribution is 2.42. The van der Waals surface area contributed by atoms with Gasteiger partial charge in [-0.2, -0.15) is 5.10 Å². The smallest absolute Gasteiger partial charge is 0.217 e. The maximum atomic E-state index is 12.9. The number of benzene rings is 1. The molecule has 10 heteroatoms. The lowest BCUT2D eigenvalue weighted by atomic mass is 9.73. The second-order valence-corrected chi connectivity index (χ2v) is 8.95. The number of aliphatic hydroxyl groups excluding tert-OH is 4. The van der Waals surface area contributed by atoms with Gasteiger partial charge in [-0.15, -0.1) is 0 Å². The molecule has 3 rings (SSSR count). The van der Waals surface area contributed by atoms with Crippen molar-refractivity contribution in [3.8, 4) is 0 Å². The predicted molar refractivity (Wildman–Crippen MR) is 117 cm³/mol. The summed E-state index contributed by atoms with van der Waals surface area (Å²) in [7, 11) is 0. The Bertz CT molecular complexity index is 913. The fraction of sp³-hybridized carbons (Fsp3) is 0.476. The third kappa shape index (κ3) is 5.50. The van der Waals surface area contributed by atoms with Crippen molar-refractivity contribution in [2.75, 3.05) is 6.61 Å². The average molecular weight is 451 g/mol. The largest absolute Gasteiger partial charge is 0.394 e. The highest BCUT2D eigenvalue weighted by molar-refractivity contribution is 6.30. The predicted octanol–water partition coefficient (Wildman–Crippen LogP) is 0.634. The van der Waals surface area contributed by atoms with Gasteiger partial charge in [0.05, 0.1) is 12.8 Å². The number of ketones is 1. The molecule has 0 aromatic heterocycles. The molecule has 0 bridgehead atoms. The summed E-state index contributed by atoms with van der Waals surface area (Å²) in [6.07, 6.45) is -2.53. The number of hydrogen-bond acceptors (Lipinski definition) is 9. The lowest BCUT2D eigenvalue weighted by molar-refractivity contribution is -0.118. The van der Waals surface area contributed by atoms with E-state index in [2.05, 4.69) is 20.8 Å². The van der Waals surface area contributed by atoms with Crippen molar-refractivity contribution in [2.24, 2.45) is 15.5 Å². The topological polar surface area (TPSA) is 147 Å². The number of halogens is 1. The van der Waals surface area contributed by atoms with Crippen LogP contribution in [0, 0.1) is 5.41 Å². The number of allylic oxidation sites excluding steroid dienone is 1. The van der Waals surface area contributed by atoms with E-state index in [1.165, 1.54) is 0 Å². The van der Waals surface area contributed by atoms with E-state index in [9.17, 15) is 20.1 Å². The fourth-order valence-electron chi connectivity index (χ4n) is 3.67. The van der Waals surface area contributed by atoms with Gasteiger partial charge in [0.2, 0.25) is 5.96 Å². The molecule has 31 heavy (non-hydrogen) atoms. The molecule has 0 amide bonds. The Balaban J connectivity index is 1.85. The first-order valence-electron chi connectivity index (χ1n) is 9.92. The van der Waals surface area contributed by atoms with E-state index in [4.69, 9.17) is 16.7 Å². The third-order valence-corrected chi connectivity index (χ3v) is 5.49. The van der Waals surface area contributed by atoms with Crippen LogP contribution in [-0.2, 0) is 4.79 Å². The van der Waals surface area contributed by atoms with Crippen LogP contribution in [0.25, 0.3) is 0 Å². The van der Waals surface area contributed by atoms with Crippen LogP contribution in [0.4, 0.5) is 0 Å². The van der Waals surface area contributed by atoms with Crippen LogP contribution >= 0.6 is 11.6 Å². The summed E-state index contributed by atoms with van der Waals surface area (Å²) in [6.45, 7) is 3.35. The van der Waals surface area contributed by atoms with Crippen molar-refractivity contribution >= 4 is 29.6 Å². The first kappa shape index (κ1) is 23.4. The molecule has 0 saturated carbocycles. The number of nitrogens with one attached hydrogen (secondary N) is 2. The van der Waals surface area contributed by atoms with Gasteiger partial charge in [0.15, 0.2) is 5.78 Å². The zero-order chi connectivity index (χ0) is 22.8. The van der Waals surface area contributed by atoms with Crippen molar-refractivity contribution in [3.05, 3.63) is 46.1 Å². The number of carbonyl (C=O) groups excluding carboxylic acids is 1. The van der Waals surface area contributed by atoms with Gasteiger partial charge in [-0.3, -0.25) is 4.79 Å². The molecule has 0 radical (unpaired) electrons. The van der Waals surface area contributed by atoms with Crippen LogP contribution in [0.2, 0.25) is 5.02 Å². The summed E-state index contributed by atoms with van der Waals surface area (Å²) < 4.78 is 0. The number of carbonyl (C=O) groups is 1. The Hall–Kier alpha value is -2.30. The summed E-state index contributed by atoms with van der Waals surface area (Å²) in [6, 6.07) is 6.57. The third-order valence-electron chi connectivity index (χ3n) is 5.24. The number of Topliss-reactive ketones (excluding diaryl/α,β-unsaturated/α-hetero) is 1. The number of hydrazone groups is 1. The Morgan fingerprint density at radius 2 is 1.97 bits per heavy atom. The fourth-order valence-corrected chi connectivity index (χ4v) is 3.80. The molecule has 9 nitrogen and oxygen atoms in total. The molecular weight excluding hydrogens is 424 g/mol. The molecule has 168 valence electrons. The molecule has 1 aromatic rings. The number of aliphatic hydroxyl groups is 4. The van der Waals surface area contributed by atoms with Crippen molar-refractivity contribution in [1.82, 2.24) is 10.7 Å². The van der Waals surface area contributed by atoms with Crippen LogP contribution in [-0.4, -0.2) is 63.3 Å². The molecular formula is C21H27ClN4O5. The molecule has 1 heterocycles. The van der Waals surface area contributed by atoms with Crippen LogP contribution < -0.4 is 10.7 Å². The Labute approximate surface area is 185 Å². The lowest BCUT2D eigenvalue weighted by Crippen LogP contribution is -2.44. The van der Waals surface area contributed by atoms with Crippen molar-refractivity contribution < 1.29 is 25.2 Å². The van der Waals surface area contributed by atoms with Gasteiger partial charge in [0.1, 0.15) is 24.4 Å². The van der Waals surface area contributed by atoms with Crippen LogP contribution in [0.3, 0.4) is 0 Å². The Morgan fingerprint density at radius 1 is 1.29 bits per heavy atom. The van der Waals surface area contributed by atoms with E-state index in [0.29, 0.717) is 23.4 Å². The minimum Gasteiger partial charge on any atom is -0.394 e. The summed E-state index contributed by atoms with van der Waals surface area (Å²) in [5.74, 6) is 0.298. The molecule has 0 saturated heterocycles. The van der Waals surface area contributed by atoms with Crippen molar-refractivity contribution in [1.29, 1.82) is 0 Å². The van der Waals surface area contributed by atoms with Gasteiger partial charge >= 0.3 is 0 Å². The van der Waals surface area contributed by atoms with Crippen molar-refractivity contribution in [2.45, 2.75) is 51.0 Å². The van der Waals surface area contributed by atoms with Gasteiger partial charge in [-0.1, -0.05) is 37.6 Å². The van der Waals surface area contributed by atoms with Crippen molar-refractivity contribution in [3.63, 3.8) is 0 Å². The first-order valence-corrected chi connectivity index (χ1v) is 10.3. The Morgan fingerprint density at radius 3 is 2.61 bits per heavy atom. The summed E-state index contributed by atoms with van der Waals surface area (Å²) >= 11 is 6.00. The summed E-state index contributed by atoms with van der Waals surface area (Å²) in [4.78, 5) is 17.5. The van der Waals surface area contributed by atoms with E-state index >= 15 is 0 Å². The van der Waals surface area contributed by atoms with Gasteiger partial charge in [0, 0.05) is 22.7 Å². The highest BCUT2D eigenvalue weighted by Gasteiger charge is 2.39. The molecule has 4 atom stereocenters. The molecule has 1 unspecified atom stereocenters. The number of rotatable bonds is 6. The van der Waals surface area contributed by atoms with Crippen LogP contribution in [0.15, 0.2) is 45.6 Å². The number of aliphatic imine (C=N–C) groups is 1. The summed E-state index contributed by atoms with van der Waals surface area (Å²) in [5.41, 5.74) is 4.63. The maximum absolute atomic E-state index is 12.9. The second kappa shape index (κ2) is 9.46. The van der Waals surface area contributed by atoms with Gasteiger partial charge < -0.3 is 25.7 Å². The average Bonchev–Trinajstić information content (AvgIpc) is 2.71. The molecule has 6 N–H and O–H groups in total.